The largest absolute Gasteiger partial charge is 0.502 e. The SMILES string of the molecule is COc1cc([C@H](C)N)cc(OC)c1O.Cl. The van der Waals surface area contributed by atoms with Crippen LogP contribution in [0.3, 0.4) is 0 Å². The molecule has 1 rings (SSSR count). The van der Waals surface area contributed by atoms with Crippen LogP contribution in [-0.4, -0.2) is 19.3 Å². The molecule has 4 nitrogen and oxygen atoms in total. The van der Waals surface area contributed by atoms with Crippen LogP contribution >= 0.6 is 12.4 Å². The first kappa shape index (κ1) is 13.9. The third kappa shape index (κ3) is 2.91. The molecule has 0 aliphatic carbocycles. The minimum absolute atomic E-state index is 0. The Bertz CT molecular complexity index is 303. The van der Waals surface area contributed by atoms with Crippen LogP contribution in [0.5, 0.6) is 17.2 Å². The highest BCUT2D eigenvalue weighted by Gasteiger charge is 2.12. The van der Waals surface area contributed by atoms with Crippen molar-refractivity contribution in [2.24, 2.45) is 5.73 Å². The van der Waals surface area contributed by atoms with Crippen LogP contribution in [0.2, 0.25) is 0 Å². The Hall–Kier alpha value is -1.13. The van der Waals surface area contributed by atoms with Gasteiger partial charge < -0.3 is 20.3 Å². The molecule has 0 bridgehead atoms. The topological polar surface area (TPSA) is 64.7 Å². The molecule has 0 fully saturated rings. The van der Waals surface area contributed by atoms with Gasteiger partial charge in [-0.2, -0.15) is 0 Å². The van der Waals surface area contributed by atoms with Gasteiger partial charge in [-0.25, -0.2) is 0 Å². The maximum absolute atomic E-state index is 9.60. The molecule has 0 saturated carbocycles. The predicted molar refractivity (Wildman–Crippen MR) is 61.1 cm³/mol. The quantitative estimate of drug-likeness (QED) is 0.836. The molecule has 1 aromatic carbocycles. The number of aromatic hydroxyl groups is 1. The molecule has 0 aliphatic rings. The van der Waals surface area contributed by atoms with Crippen molar-refractivity contribution >= 4 is 12.4 Å². The summed E-state index contributed by atoms with van der Waals surface area (Å²) in [6, 6.07) is 3.27. The standard InChI is InChI=1S/C10H15NO3.ClH/c1-6(11)7-4-8(13-2)10(12)9(5-7)14-3;/h4-6,12H,11H2,1-3H3;1H/t6-;/m0./s1. The predicted octanol–water partition coefficient (Wildman–Crippen LogP) is 1.85. The summed E-state index contributed by atoms with van der Waals surface area (Å²) in [4.78, 5) is 0. The summed E-state index contributed by atoms with van der Waals surface area (Å²) in [5.41, 5.74) is 6.58. The maximum atomic E-state index is 9.60. The van der Waals surface area contributed by atoms with Crippen molar-refractivity contribution in [3.05, 3.63) is 17.7 Å². The van der Waals surface area contributed by atoms with Gasteiger partial charge in [0.1, 0.15) is 0 Å². The molecule has 0 amide bonds. The summed E-state index contributed by atoms with van der Waals surface area (Å²) in [5, 5.41) is 9.60. The van der Waals surface area contributed by atoms with E-state index in [1.807, 2.05) is 6.92 Å². The van der Waals surface area contributed by atoms with Crippen molar-refractivity contribution in [2.45, 2.75) is 13.0 Å². The third-order valence-corrected chi connectivity index (χ3v) is 2.03. The molecular weight excluding hydrogens is 218 g/mol. The number of halogens is 1. The molecule has 1 aromatic rings. The summed E-state index contributed by atoms with van der Waals surface area (Å²) in [7, 11) is 2.97. The van der Waals surface area contributed by atoms with Crippen LogP contribution in [0.25, 0.3) is 0 Å². The van der Waals surface area contributed by atoms with Gasteiger partial charge in [-0.1, -0.05) is 0 Å². The Morgan fingerprint density at radius 1 is 1.20 bits per heavy atom. The Kier molecular flexibility index (Phi) is 5.25. The minimum Gasteiger partial charge on any atom is -0.502 e. The lowest BCUT2D eigenvalue weighted by Gasteiger charge is -2.12. The highest BCUT2D eigenvalue weighted by molar-refractivity contribution is 5.85. The summed E-state index contributed by atoms with van der Waals surface area (Å²) >= 11 is 0. The van der Waals surface area contributed by atoms with Gasteiger partial charge in [-0.15, -0.1) is 12.4 Å². The van der Waals surface area contributed by atoms with Crippen LogP contribution < -0.4 is 15.2 Å². The minimum atomic E-state index is -0.126. The second-order valence-electron chi connectivity index (χ2n) is 3.06. The number of phenols is 1. The van der Waals surface area contributed by atoms with Gasteiger partial charge in [0, 0.05) is 6.04 Å². The monoisotopic (exact) mass is 233 g/mol. The third-order valence-electron chi connectivity index (χ3n) is 2.03. The van der Waals surface area contributed by atoms with Gasteiger partial charge in [0.25, 0.3) is 0 Å². The lowest BCUT2D eigenvalue weighted by atomic mass is 10.1. The Morgan fingerprint density at radius 3 is 1.87 bits per heavy atom. The zero-order valence-corrected chi connectivity index (χ0v) is 9.80. The molecule has 15 heavy (non-hydrogen) atoms. The van der Waals surface area contributed by atoms with Crippen molar-refractivity contribution in [2.75, 3.05) is 14.2 Å². The van der Waals surface area contributed by atoms with E-state index in [9.17, 15) is 5.11 Å². The van der Waals surface area contributed by atoms with Crippen LogP contribution in [-0.2, 0) is 0 Å². The number of methoxy groups -OCH3 is 2. The summed E-state index contributed by atoms with van der Waals surface area (Å²) < 4.78 is 9.99. The number of hydrogen-bond acceptors (Lipinski definition) is 4. The zero-order valence-electron chi connectivity index (χ0n) is 8.98. The molecule has 0 radical (unpaired) electrons. The van der Waals surface area contributed by atoms with Gasteiger partial charge >= 0.3 is 0 Å². The Balaban J connectivity index is 0.00000196. The molecule has 0 spiro atoms. The van der Waals surface area contributed by atoms with Crippen molar-refractivity contribution in [3.8, 4) is 17.2 Å². The number of nitrogens with two attached hydrogens (primary N) is 1. The van der Waals surface area contributed by atoms with E-state index in [4.69, 9.17) is 15.2 Å². The molecule has 0 heterocycles. The lowest BCUT2D eigenvalue weighted by Crippen LogP contribution is -2.05. The molecule has 1 atom stereocenters. The van der Waals surface area contributed by atoms with E-state index in [1.54, 1.807) is 12.1 Å². The van der Waals surface area contributed by atoms with Gasteiger partial charge in [0.2, 0.25) is 5.75 Å². The van der Waals surface area contributed by atoms with Crippen molar-refractivity contribution in [1.82, 2.24) is 0 Å². The Morgan fingerprint density at radius 2 is 1.60 bits per heavy atom. The van der Waals surface area contributed by atoms with Crippen molar-refractivity contribution in [3.63, 3.8) is 0 Å². The molecule has 0 unspecified atom stereocenters. The smallest absolute Gasteiger partial charge is 0.200 e. The Labute approximate surface area is 95.4 Å². The normalized spacial score (nSPS) is 11.5. The maximum Gasteiger partial charge on any atom is 0.200 e. The highest BCUT2D eigenvalue weighted by atomic mass is 35.5. The van der Waals surface area contributed by atoms with E-state index < -0.39 is 0 Å². The van der Waals surface area contributed by atoms with E-state index in [1.165, 1.54) is 14.2 Å². The van der Waals surface area contributed by atoms with E-state index in [0.717, 1.165) is 5.56 Å². The van der Waals surface area contributed by atoms with E-state index >= 15 is 0 Å². The molecule has 3 N–H and O–H groups in total. The fourth-order valence-corrected chi connectivity index (χ4v) is 1.18. The second kappa shape index (κ2) is 5.68. The van der Waals surface area contributed by atoms with Crippen LogP contribution in [0, 0.1) is 0 Å². The van der Waals surface area contributed by atoms with Crippen LogP contribution in [0.1, 0.15) is 18.5 Å². The van der Waals surface area contributed by atoms with E-state index in [2.05, 4.69) is 0 Å². The number of phenolic OH excluding ortho intramolecular Hbond substituents is 1. The summed E-state index contributed by atoms with van der Waals surface area (Å²) in [6.45, 7) is 1.85. The second-order valence-corrected chi connectivity index (χ2v) is 3.06. The van der Waals surface area contributed by atoms with Gasteiger partial charge in [-0.05, 0) is 24.6 Å². The first-order chi connectivity index (χ1) is 6.60. The average Bonchev–Trinajstić information content (AvgIpc) is 2.17. The molecular formula is C10H16ClNO3. The summed E-state index contributed by atoms with van der Waals surface area (Å²) in [5.74, 6) is 0.743. The van der Waals surface area contributed by atoms with Crippen LogP contribution in [0.15, 0.2) is 12.1 Å². The fraction of sp³-hybridized carbons (Fsp3) is 0.400. The number of rotatable bonds is 3. The van der Waals surface area contributed by atoms with Gasteiger partial charge in [0.05, 0.1) is 14.2 Å². The van der Waals surface area contributed by atoms with E-state index in [0.29, 0.717) is 11.5 Å². The summed E-state index contributed by atoms with van der Waals surface area (Å²) in [6.07, 6.45) is 0. The molecule has 0 aromatic heterocycles. The molecule has 0 saturated heterocycles. The van der Waals surface area contributed by atoms with Crippen molar-refractivity contribution < 1.29 is 14.6 Å². The first-order valence-electron chi connectivity index (χ1n) is 4.30. The molecule has 86 valence electrons. The lowest BCUT2D eigenvalue weighted by molar-refractivity contribution is 0.339. The fourth-order valence-electron chi connectivity index (χ4n) is 1.18. The van der Waals surface area contributed by atoms with Gasteiger partial charge in [0.15, 0.2) is 11.5 Å². The average molecular weight is 234 g/mol. The van der Waals surface area contributed by atoms with Crippen LogP contribution in [0.4, 0.5) is 0 Å². The van der Waals surface area contributed by atoms with Gasteiger partial charge in [-0.3, -0.25) is 0 Å². The number of hydrogen-bond donors (Lipinski definition) is 2. The number of benzene rings is 1. The molecule has 5 heteroatoms. The first-order valence-corrected chi connectivity index (χ1v) is 4.30. The number of ether oxygens (including phenoxy) is 2. The highest BCUT2D eigenvalue weighted by Crippen LogP contribution is 2.38. The van der Waals surface area contributed by atoms with Crippen molar-refractivity contribution in [1.29, 1.82) is 0 Å². The van der Waals surface area contributed by atoms with E-state index in [-0.39, 0.29) is 24.2 Å². The zero-order chi connectivity index (χ0) is 10.7. The molecule has 0 aliphatic heterocycles.